The summed E-state index contributed by atoms with van der Waals surface area (Å²) in [5.41, 5.74) is 3.39. The third-order valence-electron chi connectivity index (χ3n) is 6.83. The van der Waals surface area contributed by atoms with Crippen molar-refractivity contribution in [2.45, 2.75) is 210 Å². The van der Waals surface area contributed by atoms with Crippen LogP contribution in [0.4, 0.5) is 27.8 Å². The van der Waals surface area contributed by atoms with Gasteiger partial charge in [0.1, 0.15) is 44.4 Å². The molecule has 1 aromatic heterocycles. The molecule has 1 heterocycles. The first-order valence-electron chi connectivity index (χ1n) is 29.2. The molecule has 0 saturated carbocycles. The number of esters is 4. The van der Waals surface area contributed by atoms with Crippen LogP contribution >= 0.6 is 0 Å². The van der Waals surface area contributed by atoms with Crippen LogP contribution in [0.2, 0.25) is 0 Å². The zero-order valence-electron chi connectivity index (χ0n) is 64.1. The number of anilines is 1. The van der Waals surface area contributed by atoms with Gasteiger partial charge in [-0.3, -0.25) is 24.0 Å². The fourth-order valence-electron chi connectivity index (χ4n) is 3.35. The summed E-state index contributed by atoms with van der Waals surface area (Å²) in [5, 5.41) is 0. The number of sulfone groups is 1. The quantitative estimate of drug-likeness (QED) is 0.0967. The van der Waals surface area contributed by atoms with Crippen LogP contribution in [0.1, 0.15) is 182 Å². The summed E-state index contributed by atoms with van der Waals surface area (Å²) in [6.45, 7) is 44.4. The van der Waals surface area contributed by atoms with Crippen molar-refractivity contribution >= 4 is 56.9 Å². The number of hydrogen-bond acceptors (Lipinski definition) is 18. The van der Waals surface area contributed by atoms with Gasteiger partial charge in [-0.2, -0.15) is 22.0 Å². The number of alkyl halides is 5. The molecule has 0 atom stereocenters. The van der Waals surface area contributed by atoms with Gasteiger partial charge in [-0.05, 0) is 140 Å². The molecule has 0 fully saturated rings. The largest absolute Gasteiger partial charge is 0.469 e. The monoisotopic (exact) mass is 1370 g/mol. The van der Waals surface area contributed by atoms with Crippen LogP contribution < -0.4 is 9.64 Å². The molecule has 0 aliphatic heterocycles. The molecule has 0 unspecified atom stereocenters. The fourth-order valence-corrected chi connectivity index (χ4v) is 3.35. The summed E-state index contributed by atoms with van der Waals surface area (Å²) in [7, 11) is 12.9. The van der Waals surface area contributed by atoms with Gasteiger partial charge >= 0.3 is 36.2 Å². The van der Waals surface area contributed by atoms with Gasteiger partial charge in [0, 0.05) is 108 Å². The maximum atomic E-state index is 11.2. The van der Waals surface area contributed by atoms with Crippen molar-refractivity contribution in [1.82, 2.24) is 9.88 Å². The first-order chi connectivity index (χ1) is 41.3. The Kier molecular flexibility index (Phi) is 84.2. The Hall–Kier alpha value is -6.24. The second-order valence-electron chi connectivity index (χ2n) is 24.1. The summed E-state index contributed by atoms with van der Waals surface area (Å²) in [5.74, 6) is 2.68. The highest BCUT2D eigenvalue weighted by molar-refractivity contribution is 7.89. The van der Waals surface area contributed by atoms with Gasteiger partial charge in [0.05, 0.1) is 13.2 Å². The third-order valence-corrected chi connectivity index (χ3v) is 6.83. The van der Waals surface area contributed by atoms with Gasteiger partial charge in [-0.1, -0.05) is 115 Å². The predicted molar refractivity (Wildman–Crippen MR) is 373 cm³/mol. The minimum Gasteiger partial charge on any atom is -0.469 e. The lowest BCUT2D eigenvalue weighted by atomic mass is 9.92. The van der Waals surface area contributed by atoms with Gasteiger partial charge in [0.15, 0.2) is 0 Å². The summed E-state index contributed by atoms with van der Waals surface area (Å²) in [6, 6.07) is 21.5. The number of ether oxygens (including phenoxy) is 6. The molecule has 3 aromatic rings. The second kappa shape index (κ2) is 68.6. The predicted octanol–water partition coefficient (Wildman–Crippen LogP) is 16.3. The van der Waals surface area contributed by atoms with Crippen molar-refractivity contribution in [2.75, 3.05) is 81.1 Å². The number of methoxy groups -OCH3 is 3. The lowest BCUT2D eigenvalue weighted by Gasteiger charge is -2.17. The molecular weight excluding hydrogens is 1240 g/mol. The molecule has 550 valence electrons. The van der Waals surface area contributed by atoms with Gasteiger partial charge < -0.3 is 47.8 Å². The van der Waals surface area contributed by atoms with Crippen LogP contribution in [0.15, 0.2) is 72.9 Å². The van der Waals surface area contributed by atoms with Crippen molar-refractivity contribution in [3.63, 3.8) is 0 Å². The highest BCUT2D eigenvalue weighted by Gasteiger charge is 2.18. The molecule has 0 N–H and O–H groups in total. The van der Waals surface area contributed by atoms with Crippen LogP contribution in [-0.2, 0) is 67.1 Å². The van der Waals surface area contributed by atoms with Gasteiger partial charge in [0.2, 0.25) is 0 Å². The Labute approximate surface area is 561 Å². The van der Waals surface area contributed by atoms with Crippen molar-refractivity contribution in [1.29, 1.82) is 0 Å². The number of aromatic nitrogens is 1. The SMILES string of the molecule is CC(=O)C(C)(C)C.CC(=O)CC(C)C.CC(=O)OC(C)(C)C.CC(=O)OC(C)C.CC(=O)Oc1ccccc1.CC(C)=O.CC(C)C.CC(F)(F)F.CN(C)C.COC.COC(C)(F)F.COC(C)=O.CS(C)(=O)=O.Cc1ccc(C)cc1.Cc1ccc(N(C)C)nc1. The third kappa shape index (κ3) is 208. The van der Waals surface area contributed by atoms with E-state index < -0.39 is 22.1 Å². The van der Waals surface area contributed by atoms with E-state index in [9.17, 15) is 63.9 Å². The van der Waals surface area contributed by atoms with Crippen LogP contribution in [0.3, 0.4) is 0 Å². The minimum absolute atomic E-state index is 0.0255. The standard InChI is InChI=1S/C8H12N2.C8H8O2.C8H10.C6H12O2.2C6H12O.C5H10O2.C4H10.C3H6F2O.C3H9N.C3H6O2.C3H6O.C2H3F3.C2H6O2S.C2H6O/c1-7-4-5-8(9-6-7)10(2)3;1-7(9)10-8-5-3-2-4-6-8;1-7-3-5-8(2)6-4-7;1-5(7)8-6(2,3)4;1-5(7)6(2,3)4;1-5(2)4-6(3)7;1-4(2)7-5(3)6;1-4(2)3;1-3(4,5)6-2;1-4(2)3;1-3(4)5-2;1-3(2)4;1-2(3,4)5;1-5(2,3)4;1-3-2/h4-6H,1-3H3;2-6H,1H3;3-6H,1-2H3;1-4H3;1-4H3;5H,4H2,1-3H3;4H,1-3H3;4H,1-3H3;1-2H3;1-3H3;1-2H3;1-2H3;1H3;1-2H3;1-2H3. The van der Waals surface area contributed by atoms with E-state index in [4.69, 9.17) is 9.47 Å². The number of halogens is 5. The number of aryl methyl sites for hydroxylation is 3. The second-order valence-corrected chi connectivity index (χ2v) is 26.4. The van der Waals surface area contributed by atoms with Gasteiger partial charge in [0.25, 0.3) is 0 Å². The van der Waals surface area contributed by atoms with E-state index in [0.29, 0.717) is 18.6 Å². The Morgan fingerprint density at radius 1 is 0.548 bits per heavy atom. The summed E-state index contributed by atoms with van der Waals surface area (Å²) >= 11 is 0. The Morgan fingerprint density at radius 2 is 0.828 bits per heavy atom. The number of hydrogen-bond donors (Lipinski definition) is 0. The van der Waals surface area contributed by atoms with Crippen molar-refractivity contribution in [3.05, 3.63) is 89.6 Å². The number of carbonyl (C=O) groups is 7. The number of para-hydroxylation sites is 1. The Balaban J connectivity index is -0.0000000765. The molecule has 0 bridgehead atoms. The molecule has 0 spiro atoms. The zero-order valence-corrected chi connectivity index (χ0v) is 64.9. The Morgan fingerprint density at radius 3 is 0.946 bits per heavy atom. The van der Waals surface area contributed by atoms with E-state index in [2.05, 4.69) is 88.9 Å². The number of Topliss-reactive ketones (excluding diaryl/α,β-unsaturated/α-hetero) is 3. The first kappa shape index (κ1) is 114. The summed E-state index contributed by atoms with van der Waals surface area (Å²) in [6.07, 6.45) is -2.02. The van der Waals surface area contributed by atoms with E-state index in [1.807, 2.05) is 152 Å². The lowest BCUT2D eigenvalue weighted by molar-refractivity contribution is -0.205. The summed E-state index contributed by atoms with van der Waals surface area (Å²) in [4.78, 5) is 78.6. The normalized spacial score (nSPS) is 9.66. The molecule has 0 radical (unpaired) electrons. The van der Waals surface area contributed by atoms with E-state index in [1.165, 1.54) is 65.3 Å². The molecule has 18 nitrogen and oxygen atoms in total. The maximum absolute atomic E-state index is 11.2. The number of benzene rings is 2. The smallest absolute Gasteiger partial charge is 0.386 e. The van der Waals surface area contributed by atoms with Crippen molar-refractivity contribution in [3.8, 4) is 5.75 Å². The van der Waals surface area contributed by atoms with Crippen LogP contribution in [-0.4, -0.2) is 160 Å². The number of rotatable bonds is 6. The lowest BCUT2D eigenvalue weighted by Crippen LogP contribution is -2.21. The fraction of sp³-hybridized carbons (Fsp3) is 0.652. The number of carbonyl (C=O) groups excluding carboxylic acids is 7. The number of ketones is 3. The average Bonchev–Trinajstić information content (AvgIpc) is 3.08. The van der Waals surface area contributed by atoms with Gasteiger partial charge in [-0.15, -0.1) is 0 Å². The average molecular weight is 1370 g/mol. The molecule has 2 aromatic carbocycles. The van der Waals surface area contributed by atoms with Gasteiger partial charge in [-0.25, -0.2) is 13.4 Å². The molecule has 93 heavy (non-hydrogen) atoms. The topological polar surface area (TPSA) is 228 Å². The van der Waals surface area contributed by atoms with E-state index >= 15 is 0 Å². The molecule has 0 aliphatic rings. The molecule has 0 saturated heterocycles. The van der Waals surface area contributed by atoms with Crippen molar-refractivity contribution in [2.24, 2.45) is 17.3 Å². The molecule has 3 rings (SSSR count). The van der Waals surface area contributed by atoms with Crippen LogP contribution in [0.5, 0.6) is 5.75 Å². The van der Waals surface area contributed by atoms with E-state index in [1.54, 1.807) is 40.2 Å². The molecule has 0 aliphatic carbocycles. The first-order valence-corrected chi connectivity index (χ1v) is 31.5. The zero-order chi connectivity index (χ0) is 77.5. The van der Waals surface area contributed by atoms with E-state index in [-0.39, 0.29) is 65.3 Å². The number of pyridine rings is 1. The van der Waals surface area contributed by atoms with Crippen LogP contribution in [0.25, 0.3) is 0 Å². The summed E-state index contributed by atoms with van der Waals surface area (Å²) < 4.78 is 98.9. The highest BCUT2D eigenvalue weighted by atomic mass is 32.2. The molecule has 24 heteroatoms. The highest BCUT2D eigenvalue weighted by Crippen LogP contribution is 2.13. The molecular formula is C69H128F5N3O15S. The number of nitrogens with zero attached hydrogens (tertiary/aromatic N) is 3. The van der Waals surface area contributed by atoms with Crippen LogP contribution in [0, 0.1) is 38.0 Å². The van der Waals surface area contributed by atoms with E-state index in [0.717, 1.165) is 37.8 Å². The Bertz CT molecular complexity index is 2280. The maximum Gasteiger partial charge on any atom is 0.386 e. The van der Waals surface area contributed by atoms with Crippen molar-refractivity contribution < 1.29 is 92.4 Å². The molecule has 0 amide bonds. The minimum atomic E-state index is -4.00.